The molecule has 15 heavy (non-hydrogen) atoms. The summed E-state index contributed by atoms with van der Waals surface area (Å²) in [6.45, 7) is 3.14. The van der Waals surface area contributed by atoms with Crippen LogP contribution in [0.25, 0.3) is 0 Å². The third-order valence-electron chi connectivity index (χ3n) is 1.48. The van der Waals surface area contributed by atoms with Gasteiger partial charge in [-0.1, -0.05) is 18.7 Å². The molecule has 0 aromatic heterocycles. The Bertz CT molecular complexity index is 387. The van der Waals surface area contributed by atoms with Gasteiger partial charge in [0, 0.05) is 57.5 Å². The van der Waals surface area contributed by atoms with Crippen LogP contribution in [0.5, 0.6) is 5.75 Å². The number of phenolic OH excluding ortho intramolecular Hbond substituents is 1. The monoisotopic (exact) mass is 231 g/mol. The van der Waals surface area contributed by atoms with Crippen molar-refractivity contribution in [1.29, 1.82) is 0 Å². The largest absolute Gasteiger partial charge is 0.507 e. The van der Waals surface area contributed by atoms with Crippen LogP contribution in [0, 0.1) is 0 Å². The molecule has 1 aromatic carbocycles. The maximum Gasteiger partial charge on any atom is 0.349 e. The number of rotatable bonds is 2. The molecule has 0 heterocycles. The van der Waals surface area contributed by atoms with Gasteiger partial charge in [-0.3, -0.25) is 0 Å². The zero-order valence-corrected chi connectivity index (χ0v) is 11.4. The second-order valence-electron chi connectivity index (χ2n) is 2.43. The van der Waals surface area contributed by atoms with Crippen LogP contribution in [0.4, 0.5) is 0 Å². The first kappa shape index (κ1) is 14.5. The first-order valence-electron chi connectivity index (χ1n) is 3.81. The number of aromatic hydroxyl groups is 1. The van der Waals surface area contributed by atoms with Crippen LogP contribution in [0.15, 0.2) is 36.9 Å². The van der Waals surface area contributed by atoms with Crippen molar-refractivity contribution in [3.8, 4) is 5.75 Å². The van der Waals surface area contributed by atoms with Gasteiger partial charge in [-0.2, -0.15) is 0 Å². The minimum Gasteiger partial charge on any atom is -0.507 e. The van der Waals surface area contributed by atoms with E-state index in [2.05, 4.69) is 11.3 Å². The van der Waals surface area contributed by atoms with Gasteiger partial charge in [0.1, 0.15) is 11.3 Å². The van der Waals surface area contributed by atoms with Crippen molar-refractivity contribution in [2.75, 3.05) is 0 Å². The fourth-order valence-corrected chi connectivity index (χ4v) is 0.834. The first-order valence-corrected chi connectivity index (χ1v) is 3.81. The van der Waals surface area contributed by atoms with Crippen LogP contribution < -0.4 is 0 Å². The van der Waals surface area contributed by atoms with Crippen molar-refractivity contribution < 1.29 is 19.4 Å². The Morgan fingerprint density at radius 1 is 1.33 bits per heavy atom. The summed E-state index contributed by atoms with van der Waals surface area (Å²) in [5.74, 6) is -1.97. The van der Waals surface area contributed by atoms with Gasteiger partial charge >= 0.3 is 11.9 Å². The molecular formula is C10H8KO4. The fourth-order valence-electron chi connectivity index (χ4n) is 0.834. The average molecular weight is 231 g/mol. The number of hydrogen-bond donors (Lipinski definition) is 1. The quantitative estimate of drug-likeness (QED) is 0.355. The molecule has 5 heteroatoms. The smallest absolute Gasteiger partial charge is 0.349 e. The van der Waals surface area contributed by atoms with Gasteiger partial charge in [0.25, 0.3) is 0 Å². The summed E-state index contributed by atoms with van der Waals surface area (Å²) in [6, 6.07) is 5.79. The molecule has 4 nitrogen and oxygen atoms in total. The van der Waals surface area contributed by atoms with E-state index >= 15 is 0 Å². The van der Waals surface area contributed by atoms with Crippen LogP contribution in [-0.2, 0) is 9.53 Å². The summed E-state index contributed by atoms with van der Waals surface area (Å²) in [4.78, 5) is 21.8. The number of carbonyl (C=O) groups excluding carboxylic acids is 2. The summed E-state index contributed by atoms with van der Waals surface area (Å²) in [5.41, 5.74) is -0.0531. The minimum absolute atomic E-state index is 0. The zero-order chi connectivity index (χ0) is 10.6. The summed E-state index contributed by atoms with van der Waals surface area (Å²) < 4.78 is 4.31. The van der Waals surface area contributed by atoms with Crippen molar-refractivity contribution in [3.63, 3.8) is 0 Å². The summed E-state index contributed by atoms with van der Waals surface area (Å²) in [5, 5.41) is 9.23. The molecule has 0 aliphatic rings. The molecule has 1 aromatic rings. The molecule has 0 bridgehead atoms. The van der Waals surface area contributed by atoms with E-state index < -0.39 is 11.9 Å². The number of ether oxygens (including phenoxy) is 1. The van der Waals surface area contributed by atoms with Gasteiger partial charge in [-0.15, -0.1) is 0 Å². The number of benzene rings is 1. The van der Waals surface area contributed by atoms with Gasteiger partial charge in [0.05, 0.1) is 0 Å². The summed E-state index contributed by atoms with van der Waals surface area (Å²) in [7, 11) is 0. The maximum atomic E-state index is 11.2. The second-order valence-corrected chi connectivity index (χ2v) is 2.43. The van der Waals surface area contributed by atoms with Crippen LogP contribution >= 0.6 is 0 Å². The van der Waals surface area contributed by atoms with Crippen molar-refractivity contribution in [2.45, 2.75) is 0 Å². The van der Waals surface area contributed by atoms with E-state index in [4.69, 9.17) is 0 Å². The maximum absolute atomic E-state index is 11.2. The van der Waals surface area contributed by atoms with Crippen molar-refractivity contribution in [1.82, 2.24) is 0 Å². The Kier molecular flexibility index (Phi) is 6.70. The number of esters is 2. The van der Waals surface area contributed by atoms with E-state index in [1.165, 1.54) is 12.1 Å². The molecule has 0 fully saturated rings. The molecule has 0 saturated heterocycles. The van der Waals surface area contributed by atoms with Crippen LogP contribution in [0.3, 0.4) is 0 Å². The molecule has 0 atom stereocenters. The molecule has 1 N–H and O–H groups in total. The fraction of sp³-hybridized carbons (Fsp3) is 0. The first-order chi connectivity index (χ1) is 6.65. The molecule has 0 unspecified atom stereocenters. The molecule has 1 rings (SSSR count). The Balaban J connectivity index is 0.00000196. The van der Waals surface area contributed by atoms with Gasteiger partial charge in [0.15, 0.2) is 0 Å². The number of carbonyl (C=O) groups is 2. The van der Waals surface area contributed by atoms with Gasteiger partial charge in [-0.25, -0.2) is 9.59 Å². The van der Waals surface area contributed by atoms with Crippen molar-refractivity contribution in [2.24, 2.45) is 0 Å². The topological polar surface area (TPSA) is 63.6 Å². The molecule has 0 spiro atoms. The Hall–Kier alpha value is -0.464. The van der Waals surface area contributed by atoms with E-state index in [-0.39, 0.29) is 62.7 Å². The molecule has 0 saturated carbocycles. The van der Waals surface area contributed by atoms with Crippen LogP contribution in [0.2, 0.25) is 0 Å². The number of hydrogen-bond acceptors (Lipinski definition) is 4. The van der Waals surface area contributed by atoms with Gasteiger partial charge in [-0.05, 0) is 12.1 Å². The van der Waals surface area contributed by atoms with Crippen LogP contribution in [-0.4, -0.2) is 68.4 Å². The third kappa shape index (κ3) is 4.27. The number of phenols is 1. The van der Waals surface area contributed by atoms with E-state index in [1.807, 2.05) is 0 Å². The van der Waals surface area contributed by atoms with Gasteiger partial charge in [0.2, 0.25) is 0 Å². The summed E-state index contributed by atoms with van der Waals surface area (Å²) >= 11 is 0. The Morgan fingerprint density at radius 3 is 2.47 bits per heavy atom. The van der Waals surface area contributed by atoms with E-state index in [0.29, 0.717) is 0 Å². The molecule has 73 valence electrons. The zero-order valence-electron chi connectivity index (χ0n) is 8.27. The molecule has 0 aliphatic heterocycles. The third-order valence-corrected chi connectivity index (χ3v) is 1.48. The molecule has 0 amide bonds. The second kappa shape index (κ2) is 6.92. The van der Waals surface area contributed by atoms with Crippen molar-refractivity contribution in [3.05, 3.63) is 42.5 Å². The van der Waals surface area contributed by atoms with Gasteiger partial charge < -0.3 is 9.84 Å². The van der Waals surface area contributed by atoms with E-state index in [0.717, 1.165) is 6.08 Å². The average Bonchev–Trinajstić information content (AvgIpc) is 2.18. The predicted molar refractivity (Wildman–Crippen MR) is 54.5 cm³/mol. The van der Waals surface area contributed by atoms with Crippen molar-refractivity contribution >= 4 is 63.3 Å². The Labute approximate surface area is 129 Å². The predicted octanol–water partition coefficient (Wildman–Crippen LogP) is 0.881. The van der Waals surface area contributed by atoms with E-state index in [9.17, 15) is 14.7 Å². The Morgan fingerprint density at radius 2 is 1.93 bits per heavy atom. The van der Waals surface area contributed by atoms with E-state index in [1.54, 1.807) is 12.1 Å². The standard InChI is InChI=1S/C10H8O4.K/c1-2-9(12)14-10(13)7-5-3-4-6-8(7)11;/h2-6,11H,1H2;. The number of para-hydroxylation sites is 1. The minimum atomic E-state index is -0.895. The summed E-state index contributed by atoms with van der Waals surface area (Å²) in [6.07, 6.45) is 0.873. The molecule has 1 radical (unpaired) electrons. The normalized spacial score (nSPS) is 8.53. The molecular weight excluding hydrogens is 223 g/mol. The van der Waals surface area contributed by atoms with Crippen LogP contribution in [0.1, 0.15) is 10.4 Å². The molecule has 0 aliphatic carbocycles. The SMILES string of the molecule is C=CC(=O)OC(=O)c1ccccc1O.[K].